The fourth-order valence-corrected chi connectivity index (χ4v) is 2.37. The van der Waals surface area contributed by atoms with Crippen LogP contribution in [-0.4, -0.2) is 26.7 Å². The van der Waals surface area contributed by atoms with E-state index in [1.807, 2.05) is 0 Å². The predicted molar refractivity (Wildman–Crippen MR) is 93.1 cm³/mol. The van der Waals surface area contributed by atoms with Gasteiger partial charge >= 0.3 is 0 Å². The van der Waals surface area contributed by atoms with Crippen molar-refractivity contribution in [2.24, 2.45) is 0 Å². The number of nitrogens with one attached hydrogen (secondary N) is 2. The summed E-state index contributed by atoms with van der Waals surface area (Å²) in [6.07, 6.45) is 0. The summed E-state index contributed by atoms with van der Waals surface area (Å²) >= 11 is 11.8. The molecule has 0 bridgehead atoms. The van der Waals surface area contributed by atoms with Gasteiger partial charge < -0.3 is 20.1 Å². The maximum absolute atomic E-state index is 13.6. The van der Waals surface area contributed by atoms with Crippen molar-refractivity contribution in [1.29, 1.82) is 0 Å². The summed E-state index contributed by atoms with van der Waals surface area (Å²) in [5.41, 5.74) is 0.513. The monoisotopic (exact) mass is 372 g/mol. The van der Waals surface area contributed by atoms with Crippen LogP contribution >= 0.6 is 23.2 Å². The Hall–Kier alpha value is -2.18. The smallest absolute Gasteiger partial charge is 0.243 e. The maximum atomic E-state index is 13.6. The van der Waals surface area contributed by atoms with Crippen LogP contribution in [0.1, 0.15) is 0 Å². The molecule has 1 amide bonds. The van der Waals surface area contributed by atoms with Crippen LogP contribution in [0.2, 0.25) is 10.0 Å². The van der Waals surface area contributed by atoms with Crippen molar-refractivity contribution < 1.29 is 18.7 Å². The summed E-state index contributed by atoms with van der Waals surface area (Å²) in [6, 6.07) is 7.11. The molecule has 0 heterocycles. The zero-order valence-corrected chi connectivity index (χ0v) is 14.5. The Bertz CT molecular complexity index is 756. The Labute approximate surface area is 148 Å². The molecule has 0 aliphatic rings. The lowest BCUT2D eigenvalue weighted by Gasteiger charge is -2.14. The molecule has 0 atom stereocenters. The number of rotatable bonds is 6. The van der Waals surface area contributed by atoms with Crippen LogP contribution in [0.3, 0.4) is 0 Å². The molecule has 5 nitrogen and oxygen atoms in total. The molecule has 0 spiro atoms. The van der Waals surface area contributed by atoms with Gasteiger partial charge in [0.2, 0.25) is 5.91 Å². The highest BCUT2D eigenvalue weighted by Crippen LogP contribution is 2.35. The summed E-state index contributed by atoms with van der Waals surface area (Å²) in [5.74, 6) is -0.102. The normalized spacial score (nSPS) is 10.2. The Kier molecular flexibility index (Phi) is 6.11. The highest BCUT2D eigenvalue weighted by molar-refractivity contribution is 6.32. The van der Waals surface area contributed by atoms with Crippen LogP contribution in [0.15, 0.2) is 30.3 Å². The van der Waals surface area contributed by atoms with Crippen LogP contribution < -0.4 is 20.1 Å². The Morgan fingerprint density at radius 3 is 2.46 bits per heavy atom. The fraction of sp³-hybridized carbons (Fsp3) is 0.188. The number of hydrogen-bond donors (Lipinski definition) is 2. The molecule has 0 saturated heterocycles. The van der Waals surface area contributed by atoms with Crippen molar-refractivity contribution >= 4 is 40.5 Å². The van der Waals surface area contributed by atoms with Gasteiger partial charge in [-0.3, -0.25) is 4.79 Å². The van der Waals surface area contributed by atoms with Crippen molar-refractivity contribution in [3.8, 4) is 11.5 Å². The van der Waals surface area contributed by atoms with Crippen molar-refractivity contribution in [3.63, 3.8) is 0 Å². The first-order valence-electron chi connectivity index (χ1n) is 6.85. The minimum Gasteiger partial charge on any atom is -0.495 e. The first kappa shape index (κ1) is 18.2. The van der Waals surface area contributed by atoms with E-state index < -0.39 is 11.7 Å². The SMILES string of the molecule is COc1cc(OC)c(NC(=O)CNc2cc(Cl)ccc2F)cc1Cl. The molecule has 2 rings (SSSR count). The summed E-state index contributed by atoms with van der Waals surface area (Å²) < 4.78 is 23.9. The molecule has 0 radical (unpaired) electrons. The van der Waals surface area contributed by atoms with Crippen molar-refractivity contribution in [3.05, 3.63) is 46.2 Å². The van der Waals surface area contributed by atoms with Gasteiger partial charge in [-0.05, 0) is 24.3 Å². The van der Waals surface area contributed by atoms with E-state index in [1.165, 1.54) is 38.5 Å². The van der Waals surface area contributed by atoms with Gasteiger partial charge in [0.1, 0.15) is 17.3 Å². The van der Waals surface area contributed by atoms with E-state index in [0.717, 1.165) is 0 Å². The third-order valence-electron chi connectivity index (χ3n) is 3.12. The van der Waals surface area contributed by atoms with Crippen molar-refractivity contribution in [1.82, 2.24) is 0 Å². The number of methoxy groups -OCH3 is 2. The molecule has 0 aliphatic heterocycles. The summed E-state index contributed by atoms with van der Waals surface area (Å²) in [7, 11) is 2.93. The molecule has 0 aliphatic carbocycles. The number of ether oxygens (including phenoxy) is 2. The molecule has 24 heavy (non-hydrogen) atoms. The number of hydrogen-bond acceptors (Lipinski definition) is 4. The molecule has 128 valence electrons. The van der Waals surface area contributed by atoms with Gasteiger partial charge in [-0.2, -0.15) is 0 Å². The quantitative estimate of drug-likeness (QED) is 0.797. The second-order valence-corrected chi connectivity index (χ2v) is 5.56. The van der Waals surface area contributed by atoms with Gasteiger partial charge in [0.05, 0.1) is 37.2 Å². The van der Waals surface area contributed by atoms with E-state index in [9.17, 15) is 9.18 Å². The average Bonchev–Trinajstić information content (AvgIpc) is 2.56. The highest BCUT2D eigenvalue weighted by Gasteiger charge is 2.13. The number of amides is 1. The van der Waals surface area contributed by atoms with Crippen LogP contribution in [0.5, 0.6) is 11.5 Å². The molecular weight excluding hydrogens is 358 g/mol. The van der Waals surface area contributed by atoms with E-state index in [1.54, 1.807) is 6.07 Å². The zero-order valence-electron chi connectivity index (χ0n) is 13.0. The molecule has 2 N–H and O–H groups in total. The summed E-state index contributed by atoms with van der Waals surface area (Å²) in [4.78, 5) is 12.1. The van der Waals surface area contributed by atoms with Gasteiger partial charge in [0.15, 0.2) is 0 Å². The Morgan fingerprint density at radius 1 is 1.08 bits per heavy atom. The minimum absolute atomic E-state index is 0.136. The van der Waals surface area contributed by atoms with Crippen molar-refractivity contribution in [2.75, 3.05) is 31.4 Å². The van der Waals surface area contributed by atoms with Crippen LogP contribution in [-0.2, 0) is 4.79 Å². The molecule has 2 aromatic carbocycles. The van der Waals surface area contributed by atoms with E-state index in [-0.39, 0.29) is 12.2 Å². The van der Waals surface area contributed by atoms with Gasteiger partial charge in [-0.15, -0.1) is 0 Å². The lowest BCUT2D eigenvalue weighted by molar-refractivity contribution is -0.114. The highest BCUT2D eigenvalue weighted by atomic mass is 35.5. The van der Waals surface area contributed by atoms with Gasteiger partial charge in [-0.1, -0.05) is 23.2 Å². The van der Waals surface area contributed by atoms with E-state index in [0.29, 0.717) is 27.2 Å². The second kappa shape index (κ2) is 8.08. The number of carbonyl (C=O) groups excluding carboxylic acids is 1. The van der Waals surface area contributed by atoms with Crippen LogP contribution in [0.25, 0.3) is 0 Å². The van der Waals surface area contributed by atoms with Gasteiger partial charge in [-0.25, -0.2) is 4.39 Å². The zero-order chi connectivity index (χ0) is 17.7. The standard InChI is InChI=1S/C16H15Cl2FN2O3/c1-23-14-7-15(24-2)13(6-10(14)18)21-16(22)8-20-12-5-9(17)3-4-11(12)19/h3-7,20H,8H2,1-2H3,(H,21,22). The molecular formula is C16H15Cl2FN2O3. The fourth-order valence-electron chi connectivity index (χ4n) is 1.96. The maximum Gasteiger partial charge on any atom is 0.243 e. The van der Waals surface area contributed by atoms with Crippen LogP contribution in [0.4, 0.5) is 15.8 Å². The van der Waals surface area contributed by atoms with Gasteiger partial charge in [0.25, 0.3) is 0 Å². The van der Waals surface area contributed by atoms with Gasteiger partial charge in [0, 0.05) is 11.1 Å². The molecule has 0 saturated carbocycles. The van der Waals surface area contributed by atoms with Crippen molar-refractivity contribution in [2.45, 2.75) is 0 Å². The Balaban J connectivity index is 2.07. The molecule has 8 heteroatoms. The number of carbonyl (C=O) groups is 1. The first-order chi connectivity index (χ1) is 11.4. The number of anilines is 2. The molecule has 2 aromatic rings. The molecule has 0 unspecified atom stereocenters. The summed E-state index contributed by atoms with van der Waals surface area (Å²) in [6.45, 7) is -0.163. The minimum atomic E-state index is -0.503. The number of benzene rings is 2. The van der Waals surface area contributed by atoms with E-state index >= 15 is 0 Å². The molecule has 0 aromatic heterocycles. The third kappa shape index (κ3) is 4.43. The lowest BCUT2D eigenvalue weighted by Crippen LogP contribution is -2.22. The Morgan fingerprint density at radius 2 is 1.79 bits per heavy atom. The second-order valence-electron chi connectivity index (χ2n) is 4.71. The largest absolute Gasteiger partial charge is 0.495 e. The predicted octanol–water partition coefficient (Wildman–Crippen LogP) is 4.20. The van der Waals surface area contributed by atoms with Crippen LogP contribution in [0, 0.1) is 5.82 Å². The third-order valence-corrected chi connectivity index (χ3v) is 3.65. The summed E-state index contributed by atoms with van der Waals surface area (Å²) in [5, 5.41) is 6.00. The first-order valence-corrected chi connectivity index (χ1v) is 7.60. The lowest BCUT2D eigenvalue weighted by atomic mass is 10.2. The van der Waals surface area contributed by atoms with E-state index in [4.69, 9.17) is 32.7 Å². The van der Waals surface area contributed by atoms with E-state index in [2.05, 4.69) is 10.6 Å². The topological polar surface area (TPSA) is 59.6 Å². The molecule has 0 fully saturated rings. The average molecular weight is 373 g/mol. The number of halogens is 3.